The van der Waals surface area contributed by atoms with E-state index in [1.807, 2.05) is 30.3 Å². The summed E-state index contributed by atoms with van der Waals surface area (Å²) in [5.74, 6) is 1.84. The maximum atomic E-state index is 6.61. The molecule has 0 unspecified atom stereocenters. The summed E-state index contributed by atoms with van der Waals surface area (Å²) in [6.45, 7) is 0. The monoisotopic (exact) mass is 822 g/mol. The van der Waals surface area contributed by atoms with Crippen LogP contribution in [0, 0.1) is 0 Å². The number of thiophene rings is 1. The zero-order valence-electron chi connectivity index (χ0n) is 33.7. The van der Waals surface area contributed by atoms with Crippen LogP contribution in [0.2, 0.25) is 0 Å². The van der Waals surface area contributed by atoms with Gasteiger partial charge < -0.3 is 8.98 Å². The Balaban J connectivity index is 0.937. The highest BCUT2D eigenvalue weighted by Crippen LogP contribution is 2.42. The number of hydrogen-bond acceptors (Lipinski definition) is 5. The van der Waals surface area contributed by atoms with Crippen molar-refractivity contribution in [2.24, 2.45) is 0 Å². The fraction of sp³-hybridized carbons (Fsp3) is 0. The minimum atomic E-state index is 0.588. The van der Waals surface area contributed by atoms with Gasteiger partial charge in [0.2, 0.25) is 0 Å². The molecule has 0 aliphatic rings. The zero-order chi connectivity index (χ0) is 41.4. The highest BCUT2D eigenvalue weighted by Gasteiger charge is 2.20. The smallest absolute Gasteiger partial charge is 0.164 e. The van der Waals surface area contributed by atoms with Crippen LogP contribution in [0.25, 0.3) is 126 Å². The van der Waals surface area contributed by atoms with E-state index < -0.39 is 0 Å². The second-order valence-corrected chi connectivity index (χ2v) is 17.1. The molecule has 0 radical (unpaired) electrons. The number of aromatic nitrogens is 4. The number of nitrogens with zero attached hydrogens (tertiary/aromatic N) is 4. The molecule has 0 aliphatic heterocycles. The van der Waals surface area contributed by atoms with Gasteiger partial charge in [0.15, 0.2) is 17.5 Å². The maximum absolute atomic E-state index is 6.61. The first kappa shape index (κ1) is 35.6. The normalized spacial score (nSPS) is 11.8. The molecule has 0 aliphatic carbocycles. The molecule has 63 heavy (non-hydrogen) atoms. The lowest BCUT2D eigenvalue weighted by molar-refractivity contribution is 0.669. The molecule has 0 fully saturated rings. The highest BCUT2D eigenvalue weighted by molar-refractivity contribution is 7.26. The van der Waals surface area contributed by atoms with Gasteiger partial charge in [-0.2, -0.15) is 0 Å². The lowest BCUT2D eigenvalue weighted by Gasteiger charge is -2.10. The van der Waals surface area contributed by atoms with Gasteiger partial charge in [0, 0.05) is 64.1 Å². The van der Waals surface area contributed by atoms with Crippen LogP contribution in [0.1, 0.15) is 0 Å². The number of fused-ring (bicyclic) bond motifs is 9. The summed E-state index contributed by atoms with van der Waals surface area (Å²) in [6.07, 6.45) is 0. The van der Waals surface area contributed by atoms with Crippen LogP contribution in [0.4, 0.5) is 0 Å². The number of hydrogen-bond donors (Lipinski definition) is 0. The van der Waals surface area contributed by atoms with E-state index >= 15 is 0 Å². The standard InChI is InChI=1S/C57H34N4OS/c1-4-13-35(14-5-1)38-25-29-49-46(31-38)42-19-10-11-21-48(42)61(49)41-26-30-50-47(34-41)43-27-24-40(32-51(43)62-50)56-58-55(37-17-8-3-9-18-37)59-57(60-56)45-20-12-22-52-54(45)44-28-23-39(33-53(44)63-52)36-15-6-2-7-16-36/h1-34H. The third kappa shape index (κ3) is 5.87. The van der Waals surface area contributed by atoms with Crippen LogP contribution >= 0.6 is 11.3 Å². The Bertz CT molecular complexity index is 3910. The van der Waals surface area contributed by atoms with Crippen LogP contribution in [0.3, 0.4) is 0 Å². The maximum Gasteiger partial charge on any atom is 0.164 e. The molecule has 294 valence electrons. The SMILES string of the molecule is c1ccc(-c2ccc3c(c2)sc2cccc(-c4nc(-c5ccccc5)nc(-c5ccc6c(c5)oc5ccc(-n7c8ccccc8c8cc(-c9ccccc9)ccc87)cc56)n4)c23)cc1. The molecular weight excluding hydrogens is 789 g/mol. The summed E-state index contributed by atoms with van der Waals surface area (Å²) in [6, 6.07) is 72.7. The zero-order valence-corrected chi connectivity index (χ0v) is 34.6. The predicted molar refractivity (Wildman–Crippen MR) is 262 cm³/mol. The molecule has 0 saturated carbocycles. The van der Waals surface area contributed by atoms with Crippen molar-refractivity contribution in [3.63, 3.8) is 0 Å². The summed E-state index contributed by atoms with van der Waals surface area (Å²) in [7, 11) is 0. The Hall–Kier alpha value is -8.19. The average Bonchev–Trinajstić information content (AvgIpc) is 4.03. The van der Waals surface area contributed by atoms with Crippen LogP contribution in [0.5, 0.6) is 0 Å². The summed E-state index contributed by atoms with van der Waals surface area (Å²) < 4.78 is 11.4. The fourth-order valence-corrected chi connectivity index (χ4v) is 10.4. The van der Waals surface area contributed by atoms with Crippen LogP contribution < -0.4 is 0 Å². The molecule has 0 amide bonds. The van der Waals surface area contributed by atoms with E-state index in [1.165, 1.54) is 47.8 Å². The minimum absolute atomic E-state index is 0.588. The fourth-order valence-electron chi connectivity index (χ4n) is 9.27. The number of para-hydroxylation sites is 1. The van der Waals surface area contributed by atoms with Crippen LogP contribution in [-0.4, -0.2) is 19.5 Å². The third-order valence-corrected chi connectivity index (χ3v) is 13.4. The topological polar surface area (TPSA) is 56.7 Å². The Labute approximate surface area is 365 Å². The van der Waals surface area contributed by atoms with Crippen molar-refractivity contribution in [2.75, 3.05) is 0 Å². The third-order valence-electron chi connectivity index (χ3n) is 12.3. The predicted octanol–water partition coefficient (Wildman–Crippen LogP) is 15.6. The molecule has 4 heterocycles. The van der Waals surface area contributed by atoms with E-state index in [0.717, 1.165) is 60.7 Å². The van der Waals surface area contributed by atoms with Gasteiger partial charge in [0.05, 0.1) is 11.0 Å². The molecule has 5 nitrogen and oxygen atoms in total. The van der Waals surface area contributed by atoms with Crippen molar-refractivity contribution in [1.82, 2.24) is 19.5 Å². The van der Waals surface area contributed by atoms with E-state index in [9.17, 15) is 0 Å². The van der Waals surface area contributed by atoms with Gasteiger partial charge in [-0.3, -0.25) is 0 Å². The van der Waals surface area contributed by atoms with Crippen molar-refractivity contribution in [3.8, 4) is 62.1 Å². The molecule has 0 N–H and O–H groups in total. The lowest BCUT2D eigenvalue weighted by Crippen LogP contribution is -2.00. The van der Waals surface area contributed by atoms with E-state index in [4.69, 9.17) is 19.4 Å². The Morgan fingerprint density at radius 2 is 0.984 bits per heavy atom. The van der Waals surface area contributed by atoms with Crippen molar-refractivity contribution in [2.45, 2.75) is 0 Å². The van der Waals surface area contributed by atoms with Gasteiger partial charge >= 0.3 is 0 Å². The van der Waals surface area contributed by atoms with E-state index in [1.54, 1.807) is 11.3 Å². The van der Waals surface area contributed by atoms with Crippen molar-refractivity contribution >= 4 is 75.3 Å². The van der Waals surface area contributed by atoms with Crippen LogP contribution in [-0.2, 0) is 0 Å². The summed E-state index contributed by atoms with van der Waals surface area (Å²) in [5, 5.41) is 6.87. The Kier molecular flexibility index (Phi) is 8.01. The first-order valence-electron chi connectivity index (χ1n) is 21.1. The molecule has 4 aromatic heterocycles. The molecule has 13 aromatic rings. The van der Waals surface area contributed by atoms with Crippen molar-refractivity contribution < 1.29 is 4.42 Å². The molecule has 0 atom stereocenters. The van der Waals surface area contributed by atoms with Crippen molar-refractivity contribution in [3.05, 3.63) is 206 Å². The van der Waals surface area contributed by atoms with Gasteiger partial charge in [-0.25, -0.2) is 15.0 Å². The first-order chi connectivity index (χ1) is 31.2. The minimum Gasteiger partial charge on any atom is -0.456 e. The summed E-state index contributed by atoms with van der Waals surface area (Å²) in [5.41, 5.74) is 12.6. The number of furan rings is 1. The Morgan fingerprint density at radius 1 is 0.349 bits per heavy atom. The van der Waals surface area contributed by atoms with Gasteiger partial charge in [0.25, 0.3) is 0 Å². The number of benzene rings is 9. The van der Waals surface area contributed by atoms with Crippen molar-refractivity contribution in [1.29, 1.82) is 0 Å². The van der Waals surface area contributed by atoms with E-state index in [-0.39, 0.29) is 0 Å². The molecule has 9 aromatic carbocycles. The molecule has 13 rings (SSSR count). The van der Waals surface area contributed by atoms with Gasteiger partial charge in [0.1, 0.15) is 11.2 Å². The summed E-state index contributed by atoms with van der Waals surface area (Å²) >= 11 is 1.80. The van der Waals surface area contributed by atoms with Gasteiger partial charge in [-0.05, 0) is 82.9 Å². The Morgan fingerprint density at radius 3 is 1.78 bits per heavy atom. The second kappa shape index (κ2) is 14.2. The number of rotatable bonds is 6. The van der Waals surface area contributed by atoms with E-state index in [2.05, 4.69) is 180 Å². The van der Waals surface area contributed by atoms with Crippen LogP contribution in [0.15, 0.2) is 211 Å². The van der Waals surface area contributed by atoms with Gasteiger partial charge in [-0.1, -0.05) is 146 Å². The summed E-state index contributed by atoms with van der Waals surface area (Å²) in [4.78, 5) is 15.5. The van der Waals surface area contributed by atoms with E-state index in [0.29, 0.717) is 17.5 Å². The molecule has 0 spiro atoms. The molecular formula is C57H34N4OS. The van der Waals surface area contributed by atoms with Gasteiger partial charge in [-0.15, -0.1) is 11.3 Å². The average molecular weight is 823 g/mol. The first-order valence-corrected chi connectivity index (χ1v) is 21.9. The second-order valence-electron chi connectivity index (χ2n) is 16.0. The quantitative estimate of drug-likeness (QED) is 0.168. The lowest BCUT2D eigenvalue weighted by atomic mass is 10.0. The largest absolute Gasteiger partial charge is 0.456 e. The molecule has 6 heteroatoms. The molecule has 0 bridgehead atoms. The highest BCUT2D eigenvalue weighted by atomic mass is 32.1. The molecule has 0 saturated heterocycles.